The zero-order chi connectivity index (χ0) is 18.4. The fraction of sp³-hybridized carbons (Fsp3) is 0.421. The SMILES string of the molecule is CCOC(=O)N1CCN(c2cc(NCc3ccccc3C)ncn2)CC1. The molecule has 1 amide bonds. The van der Waals surface area contributed by atoms with Gasteiger partial charge < -0.3 is 19.9 Å². The van der Waals surface area contributed by atoms with E-state index < -0.39 is 0 Å². The maximum absolute atomic E-state index is 11.8. The summed E-state index contributed by atoms with van der Waals surface area (Å²) in [6.07, 6.45) is 1.34. The Labute approximate surface area is 154 Å². The molecule has 0 radical (unpaired) electrons. The average Bonchev–Trinajstić information content (AvgIpc) is 2.68. The Balaban J connectivity index is 1.58. The van der Waals surface area contributed by atoms with Crippen LogP contribution in [0.2, 0.25) is 0 Å². The fourth-order valence-electron chi connectivity index (χ4n) is 2.94. The molecule has 7 heteroatoms. The number of carbonyl (C=O) groups is 1. The Morgan fingerprint density at radius 3 is 2.69 bits per heavy atom. The molecule has 26 heavy (non-hydrogen) atoms. The van der Waals surface area contributed by atoms with E-state index in [1.165, 1.54) is 11.1 Å². The molecule has 1 N–H and O–H groups in total. The van der Waals surface area contributed by atoms with E-state index in [-0.39, 0.29) is 6.09 Å². The number of hydrogen-bond donors (Lipinski definition) is 1. The first-order valence-electron chi connectivity index (χ1n) is 8.94. The molecule has 1 aliphatic rings. The molecule has 2 aromatic rings. The normalized spacial score (nSPS) is 14.2. The van der Waals surface area contributed by atoms with Gasteiger partial charge in [-0.2, -0.15) is 0 Å². The summed E-state index contributed by atoms with van der Waals surface area (Å²) < 4.78 is 5.06. The maximum Gasteiger partial charge on any atom is 0.409 e. The molecule has 7 nitrogen and oxygen atoms in total. The van der Waals surface area contributed by atoms with Gasteiger partial charge in [0.05, 0.1) is 6.61 Å². The Kier molecular flexibility index (Phi) is 5.88. The molecule has 0 saturated carbocycles. The molecule has 1 aromatic carbocycles. The lowest BCUT2D eigenvalue weighted by atomic mass is 10.1. The van der Waals surface area contributed by atoms with Gasteiger partial charge in [-0.15, -0.1) is 0 Å². The summed E-state index contributed by atoms with van der Waals surface area (Å²) >= 11 is 0. The van der Waals surface area contributed by atoms with Crippen molar-refractivity contribution in [3.05, 3.63) is 47.8 Å². The van der Waals surface area contributed by atoms with E-state index >= 15 is 0 Å². The van der Waals surface area contributed by atoms with Crippen LogP contribution in [0.1, 0.15) is 18.1 Å². The van der Waals surface area contributed by atoms with Crippen LogP contribution in [0.15, 0.2) is 36.7 Å². The first-order chi connectivity index (χ1) is 12.7. The fourth-order valence-corrected chi connectivity index (χ4v) is 2.94. The van der Waals surface area contributed by atoms with Gasteiger partial charge in [-0.25, -0.2) is 14.8 Å². The van der Waals surface area contributed by atoms with E-state index in [0.29, 0.717) is 19.7 Å². The van der Waals surface area contributed by atoms with Crippen molar-refractivity contribution in [2.24, 2.45) is 0 Å². The van der Waals surface area contributed by atoms with Crippen LogP contribution in [0, 0.1) is 6.92 Å². The van der Waals surface area contributed by atoms with Crippen molar-refractivity contribution in [3.63, 3.8) is 0 Å². The van der Waals surface area contributed by atoms with Gasteiger partial charge in [0.2, 0.25) is 0 Å². The number of nitrogens with one attached hydrogen (secondary N) is 1. The second-order valence-corrected chi connectivity index (χ2v) is 6.21. The van der Waals surface area contributed by atoms with E-state index in [0.717, 1.165) is 31.3 Å². The smallest absolute Gasteiger partial charge is 0.409 e. The third-order valence-corrected chi connectivity index (χ3v) is 4.50. The molecule has 0 aliphatic carbocycles. The number of anilines is 2. The van der Waals surface area contributed by atoms with Crippen LogP contribution >= 0.6 is 0 Å². The molecule has 1 fully saturated rings. The van der Waals surface area contributed by atoms with Crippen LogP contribution in [0.4, 0.5) is 16.4 Å². The molecule has 0 atom stereocenters. The first kappa shape index (κ1) is 18.0. The zero-order valence-electron chi connectivity index (χ0n) is 15.3. The largest absolute Gasteiger partial charge is 0.450 e. The number of aromatic nitrogens is 2. The third kappa shape index (κ3) is 4.41. The highest BCUT2D eigenvalue weighted by Crippen LogP contribution is 2.17. The highest BCUT2D eigenvalue weighted by molar-refractivity contribution is 5.68. The van der Waals surface area contributed by atoms with Crippen LogP contribution in [-0.4, -0.2) is 53.7 Å². The van der Waals surface area contributed by atoms with Gasteiger partial charge in [-0.3, -0.25) is 0 Å². The molecule has 2 heterocycles. The molecular formula is C19H25N5O2. The van der Waals surface area contributed by atoms with Crippen LogP contribution in [0.3, 0.4) is 0 Å². The summed E-state index contributed by atoms with van der Waals surface area (Å²) in [5.74, 6) is 1.67. The minimum atomic E-state index is -0.240. The zero-order valence-corrected chi connectivity index (χ0v) is 15.3. The monoisotopic (exact) mass is 355 g/mol. The highest BCUT2D eigenvalue weighted by atomic mass is 16.6. The first-order valence-corrected chi connectivity index (χ1v) is 8.94. The van der Waals surface area contributed by atoms with Crippen LogP contribution in [-0.2, 0) is 11.3 Å². The van der Waals surface area contributed by atoms with E-state index in [4.69, 9.17) is 4.74 Å². The van der Waals surface area contributed by atoms with Crippen LogP contribution in [0.25, 0.3) is 0 Å². The molecule has 1 aromatic heterocycles. The van der Waals surface area contributed by atoms with Gasteiger partial charge in [0.15, 0.2) is 0 Å². The topological polar surface area (TPSA) is 70.6 Å². The predicted octanol–water partition coefficient (Wildman–Crippen LogP) is 2.68. The van der Waals surface area contributed by atoms with Gasteiger partial charge in [0.1, 0.15) is 18.0 Å². The molecule has 3 rings (SSSR count). The van der Waals surface area contributed by atoms with Gasteiger partial charge in [-0.05, 0) is 25.0 Å². The van der Waals surface area contributed by atoms with Crippen molar-refractivity contribution in [1.29, 1.82) is 0 Å². The van der Waals surface area contributed by atoms with Gasteiger partial charge >= 0.3 is 6.09 Å². The number of piperazine rings is 1. The summed E-state index contributed by atoms with van der Waals surface area (Å²) in [7, 11) is 0. The van der Waals surface area contributed by atoms with Gasteiger partial charge in [0.25, 0.3) is 0 Å². The number of carbonyl (C=O) groups excluding carboxylic acids is 1. The number of ether oxygens (including phenoxy) is 1. The summed E-state index contributed by atoms with van der Waals surface area (Å²) in [6, 6.07) is 10.2. The van der Waals surface area contributed by atoms with Crippen molar-refractivity contribution in [2.45, 2.75) is 20.4 Å². The van der Waals surface area contributed by atoms with E-state index in [1.54, 1.807) is 11.2 Å². The summed E-state index contributed by atoms with van der Waals surface area (Å²) in [5, 5.41) is 3.36. The minimum Gasteiger partial charge on any atom is -0.450 e. The number of rotatable bonds is 5. The van der Waals surface area contributed by atoms with E-state index in [2.05, 4.69) is 39.2 Å². The molecule has 0 bridgehead atoms. The highest BCUT2D eigenvalue weighted by Gasteiger charge is 2.22. The number of hydrogen-bond acceptors (Lipinski definition) is 6. The minimum absolute atomic E-state index is 0.240. The molecule has 138 valence electrons. The molecule has 0 spiro atoms. The molecular weight excluding hydrogens is 330 g/mol. The molecule has 0 unspecified atom stereocenters. The quantitative estimate of drug-likeness (QED) is 0.889. The lowest BCUT2D eigenvalue weighted by molar-refractivity contribution is 0.105. The lowest BCUT2D eigenvalue weighted by Gasteiger charge is -2.34. The summed E-state index contributed by atoms with van der Waals surface area (Å²) in [6.45, 7) is 7.77. The van der Waals surface area contributed by atoms with E-state index in [9.17, 15) is 4.79 Å². The van der Waals surface area contributed by atoms with Crippen molar-refractivity contribution < 1.29 is 9.53 Å². The van der Waals surface area contributed by atoms with Crippen molar-refractivity contribution in [1.82, 2.24) is 14.9 Å². The number of amides is 1. The number of nitrogens with zero attached hydrogens (tertiary/aromatic N) is 4. The van der Waals surface area contributed by atoms with Crippen molar-refractivity contribution >= 4 is 17.7 Å². The molecule has 1 saturated heterocycles. The van der Waals surface area contributed by atoms with Crippen LogP contribution < -0.4 is 10.2 Å². The van der Waals surface area contributed by atoms with Crippen molar-refractivity contribution in [3.8, 4) is 0 Å². The number of benzene rings is 1. The number of aryl methyl sites for hydroxylation is 1. The molecule has 1 aliphatic heterocycles. The Hall–Kier alpha value is -2.83. The van der Waals surface area contributed by atoms with E-state index in [1.807, 2.05) is 25.1 Å². The lowest BCUT2D eigenvalue weighted by Crippen LogP contribution is -2.49. The van der Waals surface area contributed by atoms with Gasteiger partial charge in [-0.1, -0.05) is 24.3 Å². The second kappa shape index (κ2) is 8.51. The Bertz CT molecular complexity index is 744. The summed E-state index contributed by atoms with van der Waals surface area (Å²) in [5.41, 5.74) is 2.50. The standard InChI is InChI=1S/C19H25N5O2/c1-3-26-19(25)24-10-8-23(9-11-24)18-12-17(21-14-22-18)20-13-16-7-5-4-6-15(16)2/h4-7,12,14H,3,8-11,13H2,1-2H3,(H,20,21,22). The predicted molar refractivity (Wildman–Crippen MR) is 101 cm³/mol. The van der Waals surface area contributed by atoms with Crippen LogP contribution in [0.5, 0.6) is 0 Å². The van der Waals surface area contributed by atoms with Gasteiger partial charge in [0, 0.05) is 38.8 Å². The Morgan fingerprint density at radius 2 is 1.96 bits per heavy atom. The second-order valence-electron chi connectivity index (χ2n) is 6.21. The third-order valence-electron chi connectivity index (χ3n) is 4.50. The van der Waals surface area contributed by atoms with Crippen molar-refractivity contribution in [2.75, 3.05) is 43.0 Å². The summed E-state index contributed by atoms with van der Waals surface area (Å²) in [4.78, 5) is 24.4. The average molecular weight is 355 g/mol. The Morgan fingerprint density at radius 1 is 1.19 bits per heavy atom. The maximum atomic E-state index is 11.8.